The predicted octanol–water partition coefficient (Wildman–Crippen LogP) is 3.65. The highest BCUT2D eigenvalue weighted by molar-refractivity contribution is 7.99. The summed E-state index contributed by atoms with van der Waals surface area (Å²) < 4.78 is 32.7. The molecule has 3 rings (SSSR count). The summed E-state index contributed by atoms with van der Waals surface area (Å²) in [5.41, 5.74) is 0.525. The molecule has 2 atom stereocenters. The number of aromatic nitrogens is 2. The molecule has 0 aliphatic carbocycles. The van der Waals surface area contributed by atoms with E-state index in [1.54, 1.807) is 32.0 Å². The number of nitrogens with zero attached hydrogens (tertiary/aromatic N) is 4. The number of amides is 1. The van der Waals surface area contributed by atoms with Gasteiger partial charge in [0.25, 0.3) is 5.22 Å². The molecule has 1 amide bonds. The average molecular weight is 467 g/mol. The number of sulfonamides is 1. The van der Waals surface area contributed by atoms with Gasteiger partial charge >= 0.3 is 0 Å². The zero-order valence-electron chi connectivity index (χ0n) is 18.4. The van der Waals surface area contributed by atoms with Gasteiger partial charge in [0.2, 0.25) is 21.8 Å². The molecule has 1 aliphatic heterocycles. The second-order valence-electron chi connectivity index (χ2n) is 7.71. The van der Waals surface area contributed by atoms with E-state index in [0.717, 1.165) is 19.3 Å². The van der Waals surface area contributed by atoms with Crippen LogP contribution >= 0.6 is 11.8 Å². The summed E-state index contributed by atoms with van der Waals surface area (Å²) in [6, 6.07) is 6.97. The molecule has 2 unspecified atom stereocenters. The van der Waals surface area contributed by atoms with Crippen LogP contribution in [0.15, 0.2) is 38.8 Å². The van der Waals surface area contributed by atoms with Crippen molar-refractivity contribution >= 4 is 27.7 Å². The van der Waals surface area contributed by atoms with E-state index in [1.807, 2.05) is 4.90 Å². The molecule has 0 spiro atoms. The number of carbonyl (C=O) groups excluding carboxylic acids is 1. The Labute approximate surface area is 188 Å². The second-order valence-corrected chi connectivity index (χ2v) is 10.6. The normalized spacial score (nSPS) is 19.7. The van der Waals surface area contributed by atoms with E-state index >= 15 is 0 Å². The molecule has 0 saturated carbocycles. The van der Waals surface area contributed by atoms with Crippen LogP contribution in [0.5, 0.6) is 0 Å². The zero-order valence-corrected chi connectivity index (χ0v) is 20.1. The Morgan fingerprint density at radius 2 is 1.87 bits per heavy atom. The van der Waals surface area contributed by atoms with Crippen molar-refractivity contribution in [2.75, 3.05) is 18.8 Å². The summed E-state index contributed by atoms with van der Waals surface area (Å²) in [5, 5.41) is 8.36. The molecular formula is C21H30N4O4S2. The smallest absolute Gasteiger partial charge is 0.277 e. The van der Waals surface area contributed by atoms with Gasteiger partial charge in [0.15, 0.2) is 0 Å². The number of benzene rings is 1. The molecule has 170 valence electrons. The summed E-state index contributed by atoms with van der Waals surface area (Å²) >= 11 is 1.21. The van der Waals surface area contributed by atoms with E-state index in [-0.39, 0.29) is 39.8 Å². The molecule has 1 aliphatic rings. The van der Waals surface area contributed by atoms with E-state index in [1.165, 1.54) is 22.1 Å². The van der Waals surface area contributed by atoms with Gasteiger partial charge in [-0.2, -0.15) is 4.31 Å². The fourth-order valence-electron chi connectivity index (χ4n) is 4.00. The van der Waals surface area contributed by atoms with E-state index in [0.29, 0.717) is 18.7 Å². The number of likely N-dealkylation sites (tertiary alicyclic amines) is 1. The minimum absolute atomic E-state index is 0.0664. The third kappa shape index (κ3) is 5.30. The van der Waals surface area contributed by atoms with Crippen LogP contribution in [0.25, 0.3) is 11.5 Å². The third-order valence-electron chi connectivity index (χ3n) is 5.63. The van der Waals surface area contributed by atoms with Crippen molar-refractivity contribution in [2.24, 2.45) is 0 Å². The van der Waals surface area contributed by atoms with Crippen molar-refractivity contribution < 1.29 is 17.6 Å². The van der Waals surface area contributed by atoms with Gasteiger partial charge < -0.3 is 9.32 Å². The Morgan fingerprint density at radius 3 is 2.52 bits per heavy atom. The molecule has 0 bridgehead atoms. The number of hydrogen-bond acceptors (Lipinski definition) is 7. The van der Waals surface area contributed by atoms with E-state index in [4.69, 9.17) is 4.42 Å². The number of thioether (sulfide) groups is 1. The zero-order chi connectivity index (χ0) is 22.6. The SMILES string of the molecule is CCN(CC)S(=O)(=O)c1cccc(-c2nnc(SCC(=O)N3C(C)CCCC3C)o2)c1. The second kappa shape index (κ2) is 10.1. The van der Waals surface area contributed by atoms with Crippen LogP contribution in [0.3, 0.4) is 0 Å². The number of carbonyl (C=O) groups is 1. The minimum atomic E-state index is -3.58. The van der Waals surface area contributed by atoms with Gasteiger partial charge in [0, 0.05) is 30.7 Å². The maximum absolute atomic E-state index is 12.8. The van der Waals surface area contributed by atoms with Crippen LogP contribution in [-0.2, 0) is 14.8 Å². The fraction of sp³-hybridized carbons (Fsp3) is 0.571. The summed E-state index contributed by atoms with van der Waals surface area (Å²) in [4.78, 5) is 14.8. The molecule has 8 nitrogen and oxygen atoms in total. The largest absolute Gasteiger partial charge is 0.411 e. The Balaban J connectivity index is 1.70. The molecule has 1 aromatic heterocycles. The lowest BCUT2D eigenvalue weighted by molar-refractivity contribution is -0.134. The maximum atomic E-state index is 12.8. The molecule has 0 radical (unpaired) electrons. The molecule has 31 heavy (non-hydrogen) atoms. The number of rotatable bonds is 8. The quantitative estimate of drug-likeness (QED) is 0.548. The Morgan fingerprint density at radius 1 is 1.19 bits per heavy atom. The highest BCUT2D eigenvalue weighted by Gasteiger charge is 2.29. The van der Waals surface area contributed by atoms with Crippen LogP contribution in [0.1, 0.15) is 47.0 Å². The van der Waals surface area contributed by atoms with E-state index < -0.39 is 10.0 Å². The highest BCUT2D eigenvalue weighted by Crippen LogP contribution is 2.28. The minimum Gasteiger partial charge on any atom is -0.411 e. The highest BCUT2D eigenvalue weighted by atomic mass is 32.2. The van der Waals surface area contributed by atoms with Crippen LogP contribution in [-0.4, -0.2) is 64.7 Å². The van der Waals surface area contributed by atoms with Crippen molar-refractivity contribution in [3.8, 4) is 11.5 Å². The van der Waals surface area contributed by atoms with Gasteiger partial charge in [-0.1, -0.05) is 31.7 Å². The van der Waals surface area contributed by atoms with Crippen LogP contribution in [0, 0.1) is 0 Å². The first-order chi connectivity index (χ1) is 14.8. The lowest BCUT2D eigenvalue weighted by Crippen LogP contribution is -2.48. The van der Waals surface area contributed by atoms with Crippen molar-refractivity contribution in [1.82, 2.24) is 19.4 Å². The standard InChI is InChI=1S/C21H30N4O4S2/c1-5-24(6-2)31(27,28)18-12-8-11-17(13-18)20-22-23-21(29-20)30-14-19(26)25-15(3)9-7-10-16(25)4/h8,11-13,15-16H,5-7,9-10,14H2,1-4H3. The fourth-order valence-corrected chi connectivity index (χ4v) is 6.13. The molecule has 2 aromatic rings. The van der Waals surface area contributed by atoms with Gasteiger partial charge in [-0.25, -0.2) is 8.42 Å². The summed E-state index contributed by atoms with van der Waals surface area (Å²) in [5.74, 6) is 0.523. The van der Waals surface area contributed by atoms with Crippen molar-refractivity contribution in [3.05, 3.63) is 24.3 Å². The monoisotopic (exact) mass is 466 g/mol. The van der Waals surface area contributed by atoms with Crippen LogP contribution < -0.4 is 0 Å². The van der Waals surface area contributed by atoms with E-state index in [2.05, 4.69) is 24.0 Å². The lowest BCUT2D eigenvalue weighted by atomic mass is 9.98. The van der Waals surface area contributed by atoms with Crippen molar-refractivity contribution in [1.29, 1.82) is 0 Å². The lowest BCUT2D eigenvalue weighted by Gasteiger charge is -2.39. The first kappa shape index (κ1) is 23.7. The van der Waals surface area contributed by atoms with Gasteiger partial charge in [-0.15, -0.1) is 10.2 Å². The molecule has 10 heteroatoms. The molecular weight excluding hydrogens is 436 g/mol. The average Bonchev–Trinajstić information content (AvgIpc) is 3.22. The van der Waals surface area contributed by atoms with Gasteiger partial charge in [-0.05, 0) is 51.3 Å². The topological polar surface area (TPSA) is 96.6 Å². The first-order valence-electron chi connectivity index (χ1n) is 10.7. The first-order valence-corrected chi connectivity index (χ1v) is 13.1. The Hall–Kier alpha value is -1.91. The predicted molar refractivity (Wildman–Crippen MR) is 120 cm³/mol. The summed E-state index contributed by atoms with van der Waals surface area (Å²) in [6.45, 7) is 8.57. The molecule has 1 saturated heterocycles. The third-order valence-corrected chi connectivity index (χ3v) is 8.48. The van der Waals surface area contributed by atoms with Crippen LogP contribution in [0.4, 0.5) is 0 Å². The van der Waals surface area contributed by atoms with Crippen LogP contribution in [0.2, 0.25) is 0 Å². The molecule has 1 fully saturated rings. The molecule has 1 aromatic carbocycles. The van der Waals surface area contributed by atoms with Crippen molar-refractivity contribution in [3.63, 3.8) is 0 Å². The maximum Gasteiger partial charge on any atom is 0.277 e. The molecule has 2 heterocycles. The van der Waals surface area contributed by atoms with E-state index in [9.17, 15) is 13.2 Å². The Bertz CT molecular complexity index is 994. The van der Waals surface area contributed by atoms with Gasteiger partial charge in [0.1, 0.15) is 0 Å². The summed E-state index contributed by atoms with van der Waals surface area (Å²) in [7, 11) is -3.58. The number of hydrogen-bond donors (Lipinski definition) is 0. The molecule has 0 N–H and O–H groups in total. The van der Waals surface area contributed by atoms with Gasteiger partial charge in [0.05, 0.1) is 10.6 Å². The Kier molecular flexibility index (Phi) is 7.77. The van der Waals surface area contributed by atoms with Crippen molar-refractivity contribution in [2.45, 2.75) is 69.2 Å². The summed E-state index contributed by atoms with van der Waals surface area (Å²) in [6.07, 6.45) is 3.20. The number of piperidine rings is 1. The van der Waals surface area contributed by atoms with Gasteiger partial charge in [-0.3, -0.25) is 4.79 Å².